The third kappa shape index (κ3) is 8.68. The van der Waals surface area contributed by atoms with Gasteiger partial charge in [-0.2, -0.15) is 0 Å². The molecule has 37 heavy (non-hydrogen) atoms. The summed E-state index contributed by atoms with van der Waals surface area (Å²) in [5, 5.41) is 25.0. The zero-order valence-corrected chi connectivity index (χ0v) is 22.1. The van der Waals surface area contributed by atoms with E-state index < -0.39 is 42.2 Å². The minimum atomic E-state index is -1.18. The number of aliphatic hydroxyl groups is 1. The molecule has 0 spiro atoms. The molecule has 202 valence electrons. The maximum Gasteiger partial charge on any atom is 0.408 e. The van der Waals surface area contributed by atoms with Gasteiger partial charge in [0.25, 0.3) is 5.91 Å². The van der Waals surface area contributed by atoms with E-state index in [4.69, 9.17) is 9.47 Å². The average molecular weight is 516 g/mol. The first-order valence-electron chi connectivity index (χ1n) is 12.0. The van der Waals surface area contributed by atoms with Gasteiger partial charge in [-0.1, -0.05) is 26.0 Å². The molecule has 10 heteroatoms. The number of aromatic hydroxyl groups is 1. The number of hydrogen-bond acceptors (Lipinski definition) is 7. The molecule has 3 amide bonds. The summed E-state index contributed by atoms with van der Waals surface area (Å²) < 4.78 is 10.5. The Bertz CT molecular complexity index is 1050. The van der Waals surface area contributed by atoms with Gasteiger partial charge < -0.3 is 35.2 Å². The van der Waals surface area contributed by atoms with Gasteiger partial charge in [0.1, 0.15) is 29.2 Å². The highest BCUT2D eigenvalue weighted by Crippen LogP contribution is 2.27. The molecular formula is C27H37N3O7. The van der Waals surface area contributed by atoms with Crippen molar-refractivity contribution < 1.29 is 34.1 Å². The number of methoxy groups -OCH3 is 1. The van der Waals surface area contributed by atoms with Crippen molar-refractivity contribution in [1.29, 1.82) is 0 Å². The van der Waals surface area contributed by atoms with Gasteiger partial charge in [-0.15, -0.1) is 0 Å². The Balaban J connectivity index is 2.45. The zero-order valence-electron chi connectivity index (χ0n) is 22.1. The van der Waals surface area contributed by atoms with Crippen LogP contribution >= 0.6 is 0 Å². The molecule has 10 nitrogen and oxygen atoms in total. The van der Waals surface area contributed by atoms with Crippen LogP contribution in [0.5, 0.6) is 11.5 Å². The van der Waals surface area contributed by atoms with Crippen molar-refractivity contribution in [3.05, 3.63) is 54.1 Å². The van der Waals surface area contributed by atoms with Crippen molar-refractivity contribution >= 4 is 23.6 Å². The number of carbonyl (C=O) groups is 3. The monoisotopic (exact) mass is 515 g/mol. The van der Waals surface area contributed by atoms with Crippen LogP contribution in [0.3, 0.4) is 0 Å². The highest BCUT2D eigenvalue weighted by atomic mass is 16.6. The molecule has 4 N–H and O–H groups in total. The predicted octanol–water partition coefficient (Wildman–Crippen LogP) is 3.45. The molecule has 0 bridgehead atoms. The molecule has 2 aromatic rings. The fourth-order valence-electron chi connectivity index (χ4n) is 3.62. The Kier molecular flexibility index (Phi) is 10.3. The predicted molar refractivity (Wildman–Crippen MR) is 139 cm³/mol. The Hall–Kier alpha value is -3.79. The number of carbonyl (C=O) groups excluding carboxylic acids is 3. The van der Waals surface area contributed by atoms with E-state index >= 15 is 0 Å². The van der Waals surface area contributed by atoms with Gasteiger partial charge in [-0.3, -0.25) is 9.59 Å². The van der Waals surface area contributed by atoms with Crippen LogP contribution < -0.4 is 15.4 Å². The van der Waals surface area contributed by atoms with Crippen LogP contribution in [0.4, 0.5) is 10.5 Å². The number of anilines is 1. The lowest BCUT2D eigenvalue weighted by atomic mass is 9.98. The van der Waals surface area contributed by atoms with Crippen LogP contribution in [0.15, 0.2) is 48.5 Å². The van der Waals surface area contributed by atoms with Gasteiger partial charge in [0.15, 0.2) is 0 Å². The van der Waals surface area contributed by atoms with E-state index in [0.29, 0.717) is 17.0 Å². The van der Waals surface area contributed by atoms with Crippen molar-refractivity contribution in [1.82, 2.24) is 10.2 Å². The molecule has 0 fully saturated rings. The lowest BCUT2D eigenvalue weighted by molar-refractivity contribution is -0.142. The number of nitrogens with zero attached hydrogens (tertiary/aromatic N) is 1. The van der Waals surface area contributed by atoms with E-state index in [1.54, 1.807) is 58.9 Å². The van der Waals surface area contributed by atoms with E-state index in [0.717, 1.165) is 0 Å². The Morgan fingerprint density at radius 1 is 1.00 bits per heavy atom. The normalized spacial score (nSPS) is 12.9. The highest BCUT2D eigenvalue weighted by Gasteiger charge is 2.37. The quantitative estimate of drug-likeness (QED) is 0.380. The summed E-state index contributed by atoms with van der Waals surface area (Å²) in [4.78, 5) is 41.1. The second-order valence-electron chi connectivity index (χ2n) is 9.83. The van der Waals surface area contributed by atoms with Crippen LogP contribution in [0, 0.1) is 5.92 Å². The fourth-order valence-corrected chi connectivity index (χ4v) is 3.62. The molecule has 2 rings (SSSR count). The van der Waals surface area contributed by atoms with Gasteiger partial charge in [-0.25, -0.2) is 4.79 Å². The molecule has 0 heterocycles. The Labute approximate surface area is 217 Å². The van der Waals surface area contributed by atoms with Gasteiger partial charge >= 0.3 is 6.09 Å². The summed E-state index contributed by atoms with van der Waals surface area (Å²) in [6.07, 6.45) is -0.771. The lowest BCUT2D eigenvalue weighted by Gasteiger charge is -2.35. The number of alkyl carbamates (subject to hydrolysis) is 1. The topological polar surface area (TPSA) is 137 Å². The molecule has 0 saturated carbocycles. The number of hydrogen-bond donors (Lipinski definition) is 4. The summed E-state index contributed by atoms with van der Waals surface area (Å²) in [5.74, 6) is -0.871. The summed E-state index contributed by atoms with van der Waals surface area (Å²) in [5.41, 5.74) is 0.107. The maximum atomic E-state index is 13.8. The largest absolute Gasteiger partial charge is 0.508 e. The summed E-state index contributed by atoms with van der Waals surface area (Å²) in [7, 11) is 1.53. The van der Waals surface area contributed by atoms with Crippen LogP contribution in [0.1, 0.15) is 46.2 Å². The molecule has 0 aliphatic rings. The van der Waals surface area contributed by atoms with Crippen molar-refractivity contribution in [3.8, 4) is 11.5 Å². The number of benzene rings is 2. The molecule has 2 unspecified atom stereocenters. The molecule has 0 aromatic heterocycles. The van der Waals surface area contributed by atoms with Crippen LogP contribution in [0.2, 0.25) is 0 Å². The fraction of sp³-hybridized carbons (Fsp3) is 0.444. The summed E-state index contributed by atoms with van der Waals surface area (Å²) in [6, 6.07) is 10.3. The van der Waals surface area contributed by atoms with Crippen LogP contribution in [0.25, 0.3) is 0 Å². The second-order valence-corrected chi connectivity index (χ2v) is 9.83. The SMILES string of the molecule is COc1ccc(NC(=O)C(c2ccc(O)cc2)N(CCO)C(=O)C(NC(=O)OC(C)(C)C)C(C)C)cc1. The molecule has 0 saturated heterocycles. The van der Waals surface area contributed by atoms with Crippen molar-refractivity contribution in [2.24, 2.45) is 5.92 Å². The van der Waals surface area contributed by atoms with Crippen molar-refractivity contribution in [3.63, 3.8) is 0 Å². The number of ether oxygens (including phenoxy) is 2. The van der Waals surface area contributed by atoms with Crippen molar-refractivity contribution in [2.45, 2.75) is 52.3 Å². The molecule has 2 atom stereocenters. The summed E-state index contributed by atoms with van der Waals surface area (Å²) in [6.45, 7) is 8.03. The smallest absolute Gasteiger partial charge is 0.408 e. The molecular weight excluding hydrogens is 478 g/mol. The maximum absolute atomic E-state index is 13.8. The third-order valence-corrected chi connectivity index (χ3v) is 5.36. The van der Waals surface area contributed by atoms with Crippen LogP contribution in [-0.4, -0.2) is 64.9 Å². The first-order valence-corrected chi connectivity index (χ1v) is 12.0. The number of rotatable bonds is 10. The third-order valence-electron chi connectivity index (χ3n) is 5.36. The lowest BCUT2D eigenvalue weighted by Crippen LogP contribution is -2.55. The van der Waals surface area contributed by atoms with Gasteiger partial charge in [0.2, 0.25) is 5.91 Å². The van der Waals surface area contributed by atoms with E-state index in [2.05, 4.69) is 10.6 Å². The Morgan fingerprint density at radius 3 is 2.08 bits per heavy atom. The minimum Gasteiger partial charge on any atom is -0.508 e. The number of amides is 3. The van der Waals surface area contributed by atoms with E-state index in [9.17, 15) is 24.6 Å². The molecule has 2 aromatic carbocycles. The Morgan fingerprint density at radius 2 is 1.59 bits per heavy atom. The molecule has 0 radical (unpaired) electrons. The van der Waals surface area contributed by atoms with Gasteiger partial charge in [0, 0.05) is 12.2 Å². The zero-order chi connectivity index (χ0) is 27.8. The second kappa shape index (κ2) is 13.0. The standard InChI is InChI=1S/C27H37N3O7/c1-17(2)22(29-26(35)37-27(3,4)5)25(34)30(15-16-31)23(18-7-11-20(32)12-8-18)24(33)28-19-9-13-21(36-6)14-10-19/h7-14,17,22-23,31-32H,15-16H2,1-6H3,(H,28,33)(H,29,35). The molecule has 0 aliphatic heterocycles. The number of phenolic OH excluding ortho intramolecular Hbond substituents is 1. The highest BCUT2D eigenvalue weighted by molar-refractivity contribution is 5.99. The molecule has 0 aliphatic carbocycles. The van der Waals surface area contributed by atoms with E-state index in [-0.39, 0.29) is 18.2 Å². The number of phenols is 1. The number of aliphatic hydroxyl groups excluding tert-OH is 1. The first kappa shape index (κ1) is 29.4. The number of nitrogens with one attached hydrogen (secondary N) is 2. The first-order chi connectivity index (χ1) is 17.4. The van der Waals surface area contributed by atoms with Gasteiger partial charge in [-0.05, 0) is 68.7 Å². The summed E-state index contributed by atoms with van der Waals surface area (Å²) >= 11 is 0. The van der Waals surface area contributed by atoms with E-state index in [1.165, 1.54) is 36.3 Å². The van der Waals surface area contributed by atoms with Crippen molar-refractivity contribution in [2.75, 3.05) is 25.6 Å². The van der Waals surface area contributed by atoms with E-state index in [1.807, 2.05) is 0 Å². The minimum absolute atomic E-state index is 0.00949. The average Bonchev–Trinajstić information content (AvgIpc) is 2.82. The van der Waals surface area contributed by atoms with Crippen LogP contribution in [-0.2, 0) is 14.3 Å². The van der Waals surface area contributed by atoms with Gasteiger partial charge in [0.05, 0.1) is 13.7 Å².